The molecule has 2 rings (SSSR count). The number of anilines is 1. The van der Waals surface area contributed by atoms with Gasteiger partial charge in [0.25, 0.3) is 0 Å². The van der Waals surface area contributed by atoms with Crippen molar-refractivity contribution in [2.24, 2.45) is 0 Å². The molecule has 0 saturated carbocycles. The van der Waals surface area contributed by atoms with E-state index >= 15 is 0 Å². The molecule has 0 heterocycles. The van der Waals surface area contributed by atoms with Crippen LogP contribution >= 0.6 is 11.6 Å². The first-order chi connectivity index (χ1) is 9.58. The molecule has 0 saturated heterocycles. The van der Waals surface area contributed by atoms with Crippen molar-refractivity contribution in [3.63, 3.8) is 0 Å². The summed E-state index contributed by atoms with van der Waals surface area (Å²) in [5, 5.41) is 3.48. The van der Waals surface area contributed by atoms with Gasteiger partial charge >= 0.3 is 0 Å². The minimum Gasteiger partial charge on any atom is -0.496 e. The average Bonchev–Trinajstić information content (AvgIpc) is 2.41. The van der Waals surface area contributed by atoms with Crippen LogP contribution in [0.15, 0.2) is 42.5 Å². The molecule has 0 aromatic heterocycles. The molecule has 2 aromatic carbocycles. The number of carbonyl (C=O) groups is 1. The summed E-state index contributed by atoms with van der Waals surface area (Å²) in [5.41, 5.74) is 2.71. The molecule has 20 heavy (non-hydrogen) atoms. The fourth-order valence-corrected chi connectivity index (χ4v) is 2.10. The van der Waals surface area contributed by atoms with Crippen LogP contribution < -0.4 is 10.1 Å². The van der Waals surface area contributed by atoms with Crippen molar-refractivity contribution in [1.82, 2.24) is 0 Å². The second-order valence-electron chi connectivity index (χ2n) is 4.54. The van der Waals surface area contributed by atoms with E-state index in [9.17, 15) is 4.79 Å². The topological polar surface area (TPSA) is 38.3 Å². The van der Waals surface area contributed by atoms with Gasteiger partial charge in [-0.1, -0.05) is 23.7 Å². The van der Waals surface area contributed by atoms with E-state index in [0.29, 0.717) is 11.4 Å². The second-order valence-corrected chi connectivity index (χ2v) is 4.97. The molecule has 0 radical (unpaired) electrons. The second kappa shape index (κ2) is 6.44. The number of rotatable bonds is 4. The highest BCUT2D eigenvalue weighted by atomic mass is 35.5. The van der Waals surface area contributed by atoms with Crippen LogP contribution in [0, 0.1) is 6.92 Å². The number of ether oxygens (including phenoxy) is 1. The normalized spacial score (nSPS) is 10.2. The van der Waals surface area contributed by atoms with Crippen LogP contribution in [0.3, 0.4) is 0 Å². The zero-order chi connectivity index (χ0) is 14.5. The fourth-order valence-electron chi connectivity index (χ4n) is 1.97. The van der Waals surface area contributed by atoms with Gasteiger partial charge in [-0.15, -0.1) is 0 Å². The van der Waals surface area contributed by atoms with E-state index in [1.807, 2.05) is 25.1 Å². The van der Waals surface area contributed by atoms with E-state index in [4.69, 9.17) is 16.3 Å². The van der Waals surface area contributed by atoms with Gasteiger partial charge in [-0.2, -0.15) is 0 Å². The number of hydrogen-bond donors (Lipinski definition) is 1. The summed E-state index contributed by atoms with van der Waals surface area (Å²) in [6, 6.07) is 12.8. The first-order valence-corrected chi connectivity index (χ1v) is 6.65. The van der Waals surface area contributed by atoms with Gasteiger partial charge in [-0.25, -0.2) is 0 Å². The van der Waals surface area contributed by atoms with Crippen molar-refractivity contribution < 1.29 is 9.53 Å². The number of halogens is 1. The predicted octanol–water partition coefficient (Wildman–Crippen LogP) is 3.84. The molecule has 0 aliphatic heterocycles. The minimum atomic E-state index is -0.0584. The minimum absolute atomic E-state index is 0.0584. The molecule has 0 bridgehead atoms. The molecular weight excluding hydrogens is 274 g/mol. The molecular formula is C16H16ClNO2. The molecule has 0 aliphatic rings. The van der Waals surface area contributed by atoms with Crippen LogP contribution in [0.2, 0.25) is 5.02 Å². The Balaban J connectivity index is 2.01. The highest BCUT2D eigenvalue weighted by Gasteiger charge is 2.06. The lowest BCUT2D eigenvalue weighted by atomic mass is 10.1. The maximum atomic E-state index is 12.0. The zero-order valence-electron chi connectivity index (χ0n) is 11.4. The van der Waals surface area contributed by atoms with Gasteiger partial charge in [0.2, 0.25) is 5.91 Å². The molecule has 1 N–H and O–H groups in total. The number of benzene rings is 2. The Morgan fingerprint density at radius 3 is 2.50 bits per heavy atom. The highest BCUT2D eigenvalue weighted by Crippen LogP contribution is 2.19. The van der Waals surface area contributed by atoms with E-state index < -0.39 is 0 Å². The van der Waals surface area contributed by atoms with Crippen molar-refractivity contribution in [3.8, 4) is 5.75 Å². The van der Waals surface area contributed by atoms with Crippen LogP contribution in [0.4, 0.5) is 5.69 Å². The molecule has 0 aliphatic carbocycles. The summed E-state index contributed by atoms with van der Waals surface area (Å²) in [5.74, 6) is 0.767. The quantitative estimate of drug-likeness (QED) is 0.929. The van der Waals surface area contributed by atoms with Gasteiger partial charge in [0.05, 0.1) is 13.5 Å². The van der Waals surface area contributed by atoms with Crippen LogP contribution in [-0.4, -0.2) is 13.0 Å². The van der Waals surface area contributed by atoms with E-state index in [2.05, 4.69) is 5.32 Å². The van der Waals surface area contributed by atoms with Crippen molar-refractivity contribution in [3.05, 3.63) is 58.6 Å². The lowest BCUT2D eigenvalue weighted by molar-refractivity contribution is -0.115. The van der Waals surface area contributed by atoms with Gasteiger partial charge < -0.3 is 10.1 Å². The number of methoxy groups -OCH3 is 1. The fraction of sp³-hybridized carbons (Fsp3) is 0.188. The lowest BCUT2D eigenvalue weighted by Crippen LogP contribution is -2.14. The van der Waals surface area contributed by atoms with Crippen molar-refractivity contribution in [1.29, 1.82) is 0 Å². The summed E-state index contributed by atoms with van der Waals surface area (Å²) >= 11 is 5.80. The smallest absolute Gasteiger partial charge is 0.228 e. The third-order valence-corrected chi connectivity index (χ3v) is 3.20. The maximum absolute atomic E-state index is 12.0. The van der Waals surface area contributed by atoms with E-state index in [-0.39, 0.29) is 5.91 Å². The first kappa shape index (κ1) is 14.4. The van der Waals surface area contributed by atoms with E-state index in [1.54, 1.807) is 31.4 Å². The van der Waals surface area contributed by atoms with E-state index in [0.717, 1.165) is 22.6 Å². The molecule has 0 spiro atoms. The van der Waals surface area contributed by atoms with Gasteiger partial charge in [0.15, 0.2) is 0 Å². The van der Waals surface area contributed by atoms with E-state index in [1.165, 1.54) is 0 Å². The molecule has 0 fully saturated rings. The van der Waals surface area contributed by atoms with Crippen molar-refractivity contribution in [2.75, 3.05) is 12.4 Å². The van der Waals surface area contributed by atoms with Gasteiger partial charge in [-0.05, 0) is 48.4 Å². The summed E-state index contributed by atoms with van der Waals surface area (Å²) in [4.78, 5) is 12.0. The highest BCUT2D eigenvalue weighted by molar-refractivity contribution is 6.30. The zero-order valence-corrected chi connectivity index (χ0v) is 12.2. The molecule has 1 amide bonds. The van der Waals surface area contributed by atoms with Crippen LogP contribution in [-0.2, 0) is 11.2 Å². The van der Waals surface area contributed by atoms with Gasteiger partial charge in [-0.3, -0.25) is 4.79 Å². The Hall–Kier alpha value is -2.00. The summed E-state index contributed by atoms with van der Waals surface area (Å²) in [6.45, 7) is 1.96. The SMILES string of the molecule is COc1ccc(CC(=O)Nc2ccc(Cl)cc2)cc1C. The monoisotopic (exact) mass is 289 g/mol. The number of nitrogens with one attached hydrogen (secondary N) is 1. The number of hydrogen-bond acceptors (Lipinski definition) is 2. The molecule has 2 aromatic rings. The Bertz CT molecular complexity index is 608. The molecule has 0 unspecified atom stereocenters. The molecule has 104 valence electrons. The van der Waals surface area contributed by atoms with Gasteiger partial charge in [0, 0.05) is 10.7 Å². The van der Waals surface area contributed by atoms with Gasteiger partial charge in [0.1, 0.15) is 5.75 Å². The first-order valence-electron chi connectivity index (χ1n) is 6.27. The maximum Gasteiger partial charge on any atom is 0.228 e. The Kier molecular flexibility index (Phi) is 4.64. The number of amides is 1. The third-order valence-electron chi connectivity index (χ3n) is 2.95. The Morgan fingerprint density at radius 1 is 1.20 bits per heavy atom. The molecule has 4 heteroatoms. The summed E-state index contributed by atoms with van der Waals surface area (Å²) in [6.07, 6.45) is 0.327. The largest absolute Gasteiger partial charge is 0.496 e. The predicted molar refractivity (Wildman–Crippen MR) is 81.5 cm³/mol. The Labute approximate surface area is 123 Å². The lowest BCUT2D eigenvalue weighted by Gasteiger charge is -2.08. The van der Waals surface area contributed by atoms with Crippen LogP contribution in [0.25, 0.3) is 0 Å². The standard InChI is InChI=1S/C16H16ClNO2/c1-11-9-12(3-8-15(11)20-2)10-16(19)18-14-6-4-13(17)5-7-14/h3-9H,10H2,1-2H3,(H,18,19). The third kappa shape index (κ3) is 3.75. The number of carbonyl (C=O) groups excluding carboxylic acids is 1. The van der Waals surface area contributed by atoms with Crippen molar-refractivity contribution in [2.45, 2.75) is 13.3 Å². The average molecular weight is 290 g/mol. The summed E-state index contributed by atoms with van der Waals surface area (Å²) < 4.78 is 5.20. The Morgan fingerprint density at radius 2 is 1.90 bits per heavy atom. The van der Waals surface area contributed by atoms with Crippen LogP contribution in [0.1, 0.15) is 11.1 Å². The molecule has 0 atom stereocenters. The van der Waals surface area contributed by atoms with Crippen molar-refractivity contribution >= 4 is 23.2 Å². The summed E-state index contributed by atoms with van der Waals surface area (Å²) in [7, 11) is 1.63. The molecule has 3 nitrogen and oxygen atoms in total. The number of aryl methyl sites for hydroxylation is 1. The van der Waals surface area contributed by atoms with Crippen LogP contribution in [0.5, 0.6) is 5.75 Å².